The Morgan fingerprint density at radius 2 is 1.79 bits per heavy atom. The van der Waals surface area contributed by atoms with E-state index < -0.39 is 0 Å². The molecule has 0 aliphatic carbocycles. The summed E-state index contributed by atoms with van der Waals surface area (Å²) < 4.78 is 0. The van der Waals surface area contributed by atoms with Crippen molar-refractivity contribution < 1.29 is 0 Å². The van der Waals surface area contributed by atoms with Crippen LogP contribution in [-0.4, -0.2) is 0 Å². The first-order valence-electron chi connectivity index (χ1n) is 4.44. The third-order valence-corrected chi connectivity index (χ3v) is 2.45. The second-order valence-electron chi connectivity index (χ2n) is 3.06. The molecule has 0 spiro atoms. The summed E-state index contributed by atoms with van der Waals surface area (Å²) in [7, 11) is 0. The smallest absolute Gasteiger partial charge is 0.0122 e. The molecule has 0 N–H and O–H groups in total. The molecule has 0 amide bonds. The molecule has 1 aromatic carbocycles. The van der Waals surface area contributed by atoms with Crippen LogP contribution in [0.5, 0.6) is 0 Å². The highest BCUT2D eigenvalue weighted by atomic mass is 32.2. The van der Waals surface area contributed by atoms with E-state index in [-0.39, 0.29) is 0 Å². The number of hydrogen-bond donors (Lipinski definition) is 0. The fourth-order valence-corrected chi connectivity index (χ4v) is 1.64. The molecule has 0 saturated heterocycles. The predicted octanol–water partition coefficient (Wildman–Crippen LogP) is 4.42. The van der Waals surface area contributed by atoms with Gasteiger partial charge < -0.3 is 0 Å². The Hall–Kier alpha value is -1.21. The van der Waals surface area contributed by atoms with E-state index in [1.807, 2.05) is 37.3 Å². The van der Waals surface area contributed by atoms with Gasteiger partial charge in [0.25, 0.3) is 0 Å². The quantitative estimate of drug-likeness (QED) is 0.514. The van der Waals surface area contributed by atoms with Crippen LogP contribution in [0, 0.1) is 0 Å². The lowest BCUT2D eigenvalue weighted by Crippen LogP contribution is -1.71. The molecule has 0 fully saturated rings. The highest BCUT2D eigenvalue weighted by Crippen LogP contribution is 2.25. The van der Waals surface area contributed by atoms with Crippen molar-refractivity contribution in [3.63, 3.8) is 0 Å². The Balaban J connectivity index is 2.54. The van der Waals surface area contributed by atoms with Crippen molar-refractivity contribution in [2.45, 2.75) is 11.8 Å². The molecule has 0 unspecified atom stereocenters. The van der Waals surface area contributed by atoms with Crippen LogP contribution in [0.2, 0.25) is 0 Å². The van der Waals surface area contributed by atoms with Crippen LogP contribution in [0.15, 0.2) is 71.0 Å². The van der Waals surface area contributed by atoms with E-state index in [9.17, 15) is 0 Å². The molecule has 0 heterocycles. The van der Waals surface area contributed by atoms with Gasteiger partial charge in [0, 0.05) is 9.80 Å². The standard InChI is InChI=1S/C13H14S/c1-11(2)9-10-12(3)14-13-7-5-4-6-8-13/h4-10H,1,3H2,2H3/b10-9-. The summed E-state index contributed by atoms with van der Waals surface area (Å²) in [6.45, 7) is 9.72. The molecule has 0 aliphatic heterocycles. The van der Waals surface area contributed by atoms with Crippen LogP contribution in [0.25, 0.3) is 0 Å². The van der Waals surface area contributed by atoms with E-state index >= 15 is 0 Å². The van der Waals surface area contributed by atoms with Crippen LogP contribution >= 0.6 is 11.8 Å². The molecule has 1 rings (SSSR count). The van der Waals surface area contributed by atoms with Gasteiger partial charge in [0.15, 0.2) is 0 Å². The van der Waals surface area contributed by atoms with E-state index in [2.05, 4.69) is 25.3 Å². The van der Waals surface area contributed by atoms with Gasteiger partial charge in [-0.25, -0.2) is 0 Å². The number of thioether (sulfide) groups is 1. The maximum absolute atomic E-state index is 3.96. The number of rotatable bonds is 4. The van der Waals surface area contributed by atoms with Gasteiger partial charge in [-0.3, -0.25) is 0 Å². The minimum Gasteiger partial charge on any atom is -0.0961 e. The topological polar surface area (TPSA) is 0 Å². The molecule has 0 atom stereocenters. The van der Waals surface area contributed by atoms with Crippen molar-refractivity contribution in [3.8, 4) is 0 Å². The number of allylic oxidation sites excluding steroid dienone is 3. The molecule has 0 aliphatic rings. The van der Waals surface area contributed by atoms with Gasteiger partial charge in [0.1, 0.15) is 0 Å². The summed E-state index contributed by atoms with van der Waals surface area (Å²) in [6.07, 6.45) is 3.96. The van der Waals surface area contributed by atoms with Crippen molar-refractivity contribution in [1.29, 1.82) is 0 Å². The second-order valence-corrected chi connectivity index (χ2v) is 4.26. The number of hydrogen-bond acceptors (Lipinski definition) is 1. The molecule has 0 nitrogen and oxygen atoms in total. The van der Waals surface area contributed by atoms with Gasteiger partial charge in [0.2, 0.25) is 0 Å². The molecule has 0 saturated carbocycles. The first-order valence-corrected chi connectivity index (χ1v) is 5.25. The zero-order valence-electron chi connectivity index (χ0n) is 8.36. The monoisotopic (exact) mass is 202 g/mol. The largest absolute Gasteiger partial charge is 0.0961 e. The third-order valence-electron chi connectivity index (χ3n) is 1.55. The van der Waals surface area contributed by atoms with E-state index in [0.29, 0.717) is 0 Å². The van der Waals surface area contributed by atoms with Crippen LogP contribution in [-0.2, 0) is 0 Å². The molecular weight excluding hydrogens is 188 g/mol. The normalized spacial score (nSPS) is 10.4. The summed E-state index contributed by atoms with van der Waals surface area (Å²) in [5, 5.41) is 0. The maximum atomic E-state index is 3.96. The van der Waals surface area contributed by atoms with Crippen molar-refractivity contribution in [2.75, 3.05) is 0 Å². The van der Waals surface area contributed by atoms with Crippen LogP contribution in [0.4, 0.5) is 0 Å². The Morgan fingerprint density at radius 3 is 2.36 bits per heavy atom. The van der Waals surface area contributed by atoms with Crippen LogP contribution in [0.1, 0.15) is 6.92 Å². The zero-order chi connectivity index (χ0) is 10.4. The van der Waals surface area contributed by atoms with E-state index in [1.165, 1.54) is 4.90 Å². The molecular formula is C13H14S. The van der Waals surface area contributed by atoms with Gasteiger partial charge >= 0.3 is 0 Å². The first kappa shape index (κ1) is 10.9. The Labute approximate surface area is 90.0 Å². The Kier molecular flexibility index (Phi) is 4.27. The lowest BCUT2D eigenvalue weighted by Gasteiger charge is -1.99. The first-order chi connectivity index (χ1) is 6.68. The number of benzene rings is 1. The van der Waals surface area contributed by atoms with E-state index in [4.69, 9.17) is 0 Å². The fraction of sp³-hybridized carbons (Fsp3) is 0.0769. The summed E-state index contributed by atoms with van der Waals surface area (Å²) in [5.41, 5.74) is 1.04. The third kappa shape index (κ3) is 4.15. The maximum Gasteiger partial charge on any atom is 0.0122 e. The zero-order valence-corrected chi connectivity index (χ0v) is 9.18. The fourth-order valence-electron chi connectivity index (χ4n) is 0.909. The van der Waals surface area contributed by atoms with Gasteiger partial charge in [-0.1, -0.05) is 54.8 Å². The van der Waals surface area contributed by atoms with Gasteiger partial charge in [-0.15, -0.1) is 0 Å². The van der Waals surface area contributed by atoms with E-state index in [1.54, 1.807) is 11.8 Å². The molecule has 14 heavy (non-hydrogen) atoms. The van der Waals surface area contributed by atoms with Crippen molar-refractivity contribution in [3.05, 3.63) is 66.1 Å². The van der Waals surface area contributed by atoms with Crippen molar-refractivity contribution in [2.24, 2.45) is 0 Å². The average Bonchev–Trinajstić information content (AvgIpc) is 2.16. The Morgan fingerprint density at radius 1 is 1.14 bits per heavy atom. The van der Waals surface area contributed by atoms with Crippen molar-refractivity contribution in [1.82, 2.24) is 0 Å². The molecule has 1 aromatic rings. The summed E-state index contributed by atoms with van der Waals surface area (Å²) in [4.78, 5) is 2.24. The molecule has 0 bridgehead atoms. The van der Waals surface area contributed by atoms with Crippen molar-refractivity contribution >= 4 is 11.8 Å². The van der Waals surface area contributed by atoms with Gasteiger partial charge in [0.05, 0.1) is 0 Å². The lowest BCUT2D eigenvalue weighted by molar-refractivity contribution is 1.47. The summed E-state index contributed by atoms with van der Waals surface area (Å²) in [5.74, 6) is 0. The lowest BCUT2D eigenvalue weighted by atomic mass is 10.3. The molecule has 72 valence electrons. The SMILES string of the molecule is C=C(C)/C=C\C(=C)Sc1ccccc1. The average molecular weight is 202 g/mol. The van der Waals surface area contributed by atoms with Crippen LogP contribution < -0.4 is 0 Å². The molecule has 0 aromatic heterocycles. The summed E-state index contributed by atoms with van der Waals surface area (Å²) in [6, 6.07) is 10.2. The minimum atomic E-state index is 1.03. The molecule has 1 heteroatoms. The molecule has 0 radical (unpaired) electrons. The van der Waals surface area contributed by atoms with E-state index in [0.717, 1.165) is 10.5 Å². The van der Waals surface area contributed by atoms with Gasteiger partial charge in [-0.05, 0) is 25.1 Å². The highest BCUT2D eigenvalue weighted by molar-refractivity contribution is 8.03. The minimum absolute atomic E-state index is 1.03. The second kappa shape index (κ2) is 5.51. The summed E-state index contributed by atoms with van der Waals surface area (Å²) >= 11 is 1.66. The van der Waals surface area contributed by atoms with Gasteiger partial charge in [-0.2, -0.15) is 0 Å². The van der Waals surface area contributed by atoms with Crippen LogP contribution in [0.3, 0.4) is 0 Å². The predicted molar refractivity (Wildman–Crippen MR) is 65.4 cm³/mol. The Bertz CT molecular complexity index is 347. The highest BCUT2D eigenvalue weighted by Gasteiger charge is 1.92.